The van der Waals surface area contributed by atoms with Gasteiger partial charge in [-0.05, 0) is 73.5 Å². The van der Waals surface area contributed by atoms with E-state index >= 15 is 0 Å². The van der Waals surface area contributed by atoms with Crippen molar-refractivity contribution in [2.75, 3.05) is 23.4 Å². The molecule has 1 fully saturated rings. The van der Waals surface area contributed by atoms with Crippen LogP contribution in [0.5, 0.6) is 11.5 Å². The second-order valence-corrected chi connectivity index (χ2v) is 12.3. The van der Waals surface area contributed by atoms with E-state index in [2.05, 4.69) is 10.3 Å². The van der Waals surface area contributed by atoms with E-state index in [4.69, 9.17) is 9.47 Å². The second-order valence-electron chi connectivity index (χ2n) is 10.1. The number of nitrogens with zero attached hydrogens (tertiary/aromatic N) is 1. The number of carbonyl (C=O) groups excluding carboxylic acids is 3. The van der Waals surface area contributed by atoms with Crippen molar-refractivity contribution in [3.63, 3.8) is 0 Å². The summed E-state index contributed by atoms with van der Waals surface area (Å²) in [6.45, 7) is 3.78. The molecule has 3 heterocycles. The predicted molar refractivity (Wildman–Crippen MR) is 162 cm³/mol. The summed E-state index contributed by atoms with van der Waals surface area (Å²) in [5.41, 5.74) is 2.60. The van der Waals surface area contributed by atoms with Crippen molar-refractivity contribution >= 4 is 52.2 Å². The predicted octanol–water partition coefficient (Wildman–Crippen LogP) is 5.10. The number of carbonyl (C=O) groups is 3. The second kappa shape index (κ2) is 11.7. The van der Waals surface area contributed by atoms with Crippen molar-refractivity contribution in [1.29, 1.82) is 0 Å². The van der Waals surface area contributed by atoms with Crippen molar-refractivity contribution < 1.29 is 28.2 Å². The number of nitrogens with one attached hydrogen (secondary N) is 2. The maximum absolute atomic E-state index is 13.9. The molecule has 3 aromatic carbocycles. The number of aromatic amines is 1. The zero-order chi connectivity index (χ0) is 30.2. The summed E-state index contributed by atoms with van der Waals surface area (Å²) in [6, 6.07) is 17.7. The molecule has 220 valence electrons. The van der Waals surface area contributed by atoms with Gasteiger partial charge in [-0.25, -0.2) is 9.29 Å². The number of aryl methyl sites for hydroxylation is 1. The van der Waals surface area contributed by atoms with Gasteiger partial charge in [-0.2, -0.15) is 0 Å². The van der Waals surface area contributed by atoms with Gasteiger partial charge in [-0.3, -0.25) is 19.2 Å². The maximum Gasteiger partial charge on any atom is 0.305 e. The topological polar surface area (TPSA) is 118 Å². The van der Waals surface area contributed by atoms with Gasteiger partial charge in [0.25, 0.3) is 5.91 Å². The van der Waals surface area contributed by atoms with Crippen LogP contribution in [0.15, 0.2) is 76.6 Å². The molecule has 0 bridgehead atoms. The van der Waals surface area contributed by atoms with Gasteiger partial charge in [0, 0.05) is 16.5 Å². The first-order valence-electron chi connectivity index (χ1n) is 13.5. The van der Waals surface area contributed by atoms with Crippen molar-refractivity contribution in [2.45, 2.75) is 30.0 Å². The monoisotopic (exact) mass is 619 g/mol. The Labute approximate surface area is 254 Å². The first kappa shape index (κ1) is 28.7. The maximum atomic E-state index is 13.9. The molecule has 4 aromatic rings. The van der Waals surface area contributed by atoms with Crippen molar-refractivity contribution in [3.05, 3.63) is 98.2 Å². The number of fused-ring (bicyclic) bond motifs is 2. The number of aromatic nitrogens is 1. The molecule has 0 aliphatic carbocycles. The molecule has 1 saturated heterocycles. The Kier molecular flexibility index (Phi) is 7.80. The minimum absolute atomic E-state index is 0.263. The molecule has 2 aliphatic heterocycles. The van der Waals surface area contributed by atoms with E-state index in [0.717, 1.165) is 33.6 Å². The average Bonchev–Trinajstić information content (AvgIpc) is 3.47. The molecule has 3 atom stereocenters. The number of thioether (sulfide) groups is 1. The van der Waals surface area contributed by atoms with Gasteiger partial charge in [-0.15, -0.1) is 0 Å². The lowest BCUT2D eigenvalue weighted by atomic mass is 9.83. The highest BCUT2D eigenvalue weighted by Crippen LogP contribution is 2.53. The lowest BCUT2D eigenvalue weighted by Crippen LogP contribution is -2.32. The summed E-state index contributed by atoms with van der Waals surface area (Å²) in [5.74, 6) is -2.46. The number of imide groups is 1. The normalized spacial score (nSPS) is 19.1. The fourth-order valence-corrected chi connectivity index (χ4v) is 7.90. The van der Waals surface area contributed by atoms with Gasteiger partial charge in [0.2, 0.25) is 11.8 Å². The molecule has 0 radical (unpaired) electrons. The van der Waals surface area contributed by atoms with Crippen molar-refractivity contribution in [1.82, 2.24) is 4.98 Å². The molecule has 12 heteroatoms. The van der Waals surface area contributed by atoms with Gasteiger partial charge >= 0.3 is 4.87 Å². The smallest absolute Gasteiger partial charge is 0.305 e. The summed E-state index contributed by atoms with van der Waals surface area (Å²) in [5, 5.41) is 2.54. The summed E-state index contributed by atoms with van der Waals surface area (Å²) >= 11 is 2.15. The molecule has 43 heavy (non-hydrogen) atoms. The third-order valence-electron chi connectivity index (χ3n) is 7.20. The highest BCUT2D eigenvalue weighted by molar-refractivity contribution is 8.00. The Morgan fingerprint density at radius 2 is 1.79 bits per heavy atom. The molecule has 0 unspecified atom stereocenters. The first-order chi connectivity index (χ1) is 20.7. The fourth-order valence-electron chi connectivity index (χ4n) is 5.39. The molecule has 3 amide bonds. The number of anilines is 2. The Balaban J connectivity index is 1.31. The lowest BCUT2D eigenvalue weighted by molar-refractivity contribution is -0.122. The summed E-state index contributed by atoms with van der Waals surface area (Å²) in [7, 11) is 0. The number of amides is 3. The van der Waals surface area contributed by atoms with Gasteiger partial charge in [0.1, 0.15) is 11.1 Å². The number of benzene rings is 3. The summed E-state index contributed by atoms with van der Waals surface area (Å²) in [6.07, 6.45) is 0. The number of hydrogen-bond donors (Lipinski definition) is 2. The van der Waals surface area contributed by atoms with Crippen LogP contribution in [0.3, 0.4) is 0 Å². The van der Waals surface area contributed by atoms with Crippen LogP contribution in [-0.4, -0.2) is 41.2 Å². The Bertz CT molecular complexity index is 1790. The minimum Gasteiger partial charge on any atom is -0.490 e. The molecular weight excluding hydrogens is 593 g/mol. The molecular formula is C31H26FN3O6S2. The van der Waals surface area contributed by atoms with Gasteiger partial charge in [0.15, 0.2) is 18.1 Å². The van der Waals surface area contributed by atoms with E-state index in [1.807, 2.05) is 32.0 Å². The Morgan fingerprint density at radius 1 is 1.00 bits per heavy atom. The van der Waals surface area contributed by atoms with Crippen LogP contribution in [0.4, 0.5) is 15.8 Å². The van der Waals surface area contributed by atoms with E-state index in [1.54, 1.807) is 24.3 Å². The fraction of sp³-hybridized carbons (Fsp3) is 0.226. The standard InChI is InChI=1S/C31H26FN3O6S2/c1-3-40-22-14-17(7-12-21(22)41-15-23(36)33-19-6-4-5-16(2)13-19)24-25-27(42-28-26(24)43-31(39)34-28)30(38)35(29(25)37)20-10-8-18(32)9-11-20/h4-14,24-25,27H,3,15H2,1-2H3,(H,33,36)(H,34,39)/t24-,25-,27+/m0/s1. The van der Waals surface area contributed by atoms with Gasteiger partial charge in [-0.1, -0.05) is 41.3 Å². The molecule has 2 N–H and O–H groups in total. The first-order valence-corrected chi connectivity index (χ1v) is 15.2. The lowest BCUT2D eigenvalue weighted by Gasteiger charge is -2.30. The highest BCUT2D eigenvalue weighted by Gasteiger charge is 2.56. The van der Waals surface area contributed by atoms with Crippen LogP contribution in [0.2, 0.25) is 0 Å². The Morgan fingerprint density at radius 3 is 2.53 bits per heavy atom. The van der Waals surface area contributed by atoms with Crippen LogP contribution < -0.4 is 24.6 Å². The van der Waals surface area contributed by atoms with Crippen LogP contribution in [0, 0.1) is 18.7 Å². The Hall–Kier alpha value is -4.42. The van der Waals surface area contributed by atoms with E-state index in [-0.39, 0.29) is 23.1 Å². The van der Waals surface area contributed by atoms with Crippen molar-refractivity contribution in [3.8, 4) is 11.5 Å². The number of hydrogen-bond acceptors (Lipinski definition) is 8. The van der Waals surface area contributed by atoms with Crippen LogP contribution in [0.25, 0.3) is 0 Å². The SMILES string of the molecule is CCOc1cc([C@@H]2c3sc(=O)[nH]c3S[C@H]3C(=O)N(c4ccc(F)cc4)C(=O)[C@@H]23)ccc1OCC(=O)Nc1cccc(C)c1. The average molecular weight is 620 g/mol. The van der Waals surface area contributed by atoms with Gasteiger partial charge in [0.05, 0.1) is 23.2 Å². The van der Waals surface area contributed by atoms with Crippen molar-refractivity contribution in [2.24, 2.45) is 5.92 Å². The third-order valence-corrected chi connectivity index (χ3v) is 9.60. The molecule has 2 aliphatic rings. The summed E-state index contributed by atoms with van der Waals surface area (Å²) < 4.78 is 25.3. The van der Waals surface area contributed by atoms with Crippen LogP contribution in [-0.2, 0) is 14.4 Å². The quantitative estimate of drug-likeness (QED) is 0.264. The number of rotatable bonds is 8. The molecule has 0 saturated carbocycles. The van der Waals surface area contributed by atoms with Crippen LogP contribution in [0.1, 0.15) is 28.8 Å². The zero-order valence-corrected chi connectivity index (χ0v) is 24.7. The summed E-state index contributed by atoms with van der Waals surface area (Å²) in [4.78, 5) is 56.7. The number of H-pyrrole nitrogens is 1. The number of halogens is 1. The van der Waals surface area contributed by atoms with E-state index in [1.165, 1.54) is 24.3 Å². The minimum atomic E-state index is -0.817. The van der Waals surface area contributed by atoms with E-state index in [0.29, 0.717) is 39.3 Å². The largest absolute Gasteiger partial charge is 0.490 e. The molecule has 1 aromatic heterocycles. The van der Waals surface area contributed by atoms with E-state index in [9.17, 15) is 23.6 Å². The van der Waals surface area contributed by atoms with Crippen LogP contribution >= 0.6 is 23.1 Å². The molecule has 6 rings (SSSR count). The number of thiazole rings is 1. The number of ether oxygens (including phenoxy) is 2. The van der Waals surface area contributed by atoms with Gasteiger partial charge < -0.3 is 19.8 Å². The van der Waals surface area contributed by atoms with E-state index < -0.39 is 34.7 Å². The third kappa shape index (κ3) is 5.55. The highest BCUT2D eigenvalue weighted by atomic mass is 32.2. The molecule has 9 nitrogen and oxygen atoms in total. The molecule has 0 spiro atoms. The zero-order valence-electron chi connectivity index (χ0n) is 23.1.